The minimum atomic E-state index is -4.59. The van der Waals surface area contributed by atoms with Crippen molar-refractivity contribution in [2.45, 2.75) is 6.18 Å². The maximum absolute atomic E-state index is 14.3. The molecule has 0 unspecified atom stereocenters. The molecule has 162 valence electrons. The first kappa shape index (κ1) is 21.7. The smallest absolute Gasteiger partial charge is 0.416 e. The fourth-order valence-electron chi connectivity index (χ4n) is 2.43. The molecule has 2 aromatic carbocycles. The average molecular weight is 439 g/mol. The first-order valence-corrected chi connectivity index (χ1v) is 8.57. The number of carbonyl (C=O) groups is 1. The molecule has 31 heavy (non-hydrogen) atoms. The average Bonchev–Trinajstić information content (AvgIpc) is 2.70. The van der Waals surface area contributed by atoms with Gasteiger partial charge in [0, 0.05) is 36.6 Å². The van der Waals surface area contributed by atoms with Gasteiger partial charge in [-0.25, -0.2) is 23.5 Å². The molecule has 0 spiro atoms. The second-order valence-corrected chi connectivity index (χ2v) is 6.02. The summed E-state index contributed by atoms with van der Waals surface area (Å²) in [6, 6.07) is 5.77. The van der Waals surface area contributed by atoms with E-state index in [1.807, 2.05) is 0 Å². The Labute approximate surface area is 172 Å². The van der Waals surface area contributed by atoms with Crippen LogP contribution in [0.2, 0.25) is 0 Å². The molecule has 7 nitrogen and oxygen atoms in total. The van der Waals surface area contributed by atoms with Crippen molar-refractivity contribution in [3.63, 3.8) is 0 Å². The predicted octanol–water partition coefficient (Wildman–Crippen LogP) is 5.25. The lowest BCUT2D eigenvalue weighted by atomic mass is 10.2. The van der Waals surface area contributed by atoms with Crippen LogP contribution in [-0.2, 0) is 6.18 Å². The van der Waals surface area contributed by atoms with Crippen molar-refractivity contribution in [3.05, 3.63) is 66.0 Å². The number of hydrogen-bond acceptors (Lipinski definition) is 5. The van der Waals surface area contributed by atoms with Crippen molar-refractivity contribution in [2.75, 3.05) is 23.0 Å². The molecule has 0 bridgehead atoms. The normalized spacial score (nSPS) is 11.0. The number of nitrogens with zero attached hydrogens (tertiary/aromatic N) is 2. The van der Waals surface area contributed by atoms with Crippen molar-refractivity contribution in [1.82, 2.24) is 9.97 Å². The number of rotatable bonds is 5. The van der Waals surface area contributed by atoms with Gasteiger partial charge in [0.1, 0.15) is 12.1 Å². The lowest BCUT2D eigenvalue weighted by Crippen LogP contribution is -2.20. The summed E-state index contributed by atoms with van der Waals surface area (Å²) in [5, 5.41) is 7.01. The summed E-state index contributed by atoms with van der Waals surface area (Å²) >= 11 is 0. The molecule has 0 saturated carbocycles. The third kappa shape index (κ3) is 5.56. The second-order valence-electron chi connectivity index (χ2n) is 6.02. The largest absolute Gasteiger partial charge is 0.433 e. The zero-order valence-corrected chi connectivity index (χ0v) is 15.7. The number of carbonyl (C=O) groups excluding carboxylic acids is 1. The Morgan fingerprint density at radius 1 is 0.968 bits per heavy atom. The molecule has 0 saturated heterocycles. The lowest BCUT2D eigenvalue weighted by molar-refractivity contribution is -0.137. The number of ether oxygens (including phenoxy) is 1. The Kier molecular flexibility index (Phi) is 6.18. The molecule has 12 heteroatoms. The van der Waals surface area contributed by atoms with Crippen molar-refractivity contribution >= 4 is 23.2 Å². The highest BCUT2D eigenvalue weighted by molar-refractivity contribution is 5.99. The Balaban J connectivity index is 1.72. The summed E-state index contributed by atoms with van der Waals surface area (Å²) in [5.41, 5.74) is -1.40. The van der Waals surface area contributed by atoms with Crippen LogP contribution in [0, 0.1) is 11.6 Å². The van der Waals surface area contributed by atoms with Gasteiger partial charge in [-0.3, -0.25) is 0 Å². The minimum absolute atomic E-state index is 0.125. The van der Waals surface area contributed by atoms with Gasteiger partial charge in [0.2, 0.25) is 11.6 Å². The maximum Gasteiger partial charge on any atom is 0.416 e. The van der Waals surface area contributed by atoms with Crippen LogP contribution in [0.1, 0.15) is 5.56 Å². The van der Waals surface area contributed by atoms with E-state index in [-0.39, 0.29) is 17.3 Å². The summed E-state index contributed by atoms with van der Waals surface area (Å²) < 4.78 is 72.0. The first-order valence-electron chi connectivity index (χ1n) is 8.57. The minimum Gasteiger partial charge on any atom is -0.433 e. The number of anilines is 3. The number of nitrogens with one attached hydrogen (secondary N) is 3. The third-order valence-corrected chi connectivity index (χ3v) is 3.81. The highest BCUT2D eigenvalue weighted by Gasteiger charge is 2.30. The summed E-state index contributed by atoms with van der Waals surface area (Å²) in [6.07, 6.45) is -3.46. The van der Waals surface area contributed by atoms with Gasteiger partial charge in [-0.15, -0.1) is 0 Å². The Morgan fingerprint density at radius 2 is 1.65 bits per heavy atom. The van der Waals surface area contributed by atoms with Crippen molar-refractivity contribution in [1.29, 1.82) is 0 Å². The zero-order valence-electron chi connectivity index (χ0n) is 15.7. The summed E-state index contributed by atoms with van der Waals surface area (Å²) in [6.45, 7) is 0. The molecule has 3 aromatic rings. The van der Waals surface area contributed by atoms with Crippen LogP contribution < -0.4 is 20.7 Å². The molecule has 0 atom stereocenters. The van der Waals surface area contributed by atoms with Gasteiger partial charge in [-0.05, 0) is 18.2 Å². The molecular weight excluding hydrogens is 425 g/mol. The predicted molar refractivity (Wildman–Crippen MR) is 102 cm³/mol. The number of urea groups is 1. The van der Waals surface area contributed by atoms with E-state index in [1.165, 1.54) is 12.1 Å². The molecule has 0 aliphatic carbocycles. The highest BCUT2D eigenvalue weighted by Crippen LogP contribution is 2.31. The standard InChI is InChI=1S/C19H14F5N5O2/c1-25-15-8-16(27-9-26-15)31-17-13(20)6-12(7-14(17)21)29-18(30)28-11-4-2-3-10(5-11)19(22,23)24/h2-9H,1H3,(H,25,26,27)(H2,28,29,30). The van der Waals surface area contributed by atoms with E-state index in [4.69, 9.17) is 4.74 Å². The van der Waals surface area contributed by atoms with E-state index in [1.54, 1.807) is 7.05 Å². The molecule has 0 radical (unpaired) electrons. The van der Waals surface area contributed by atoms with Gasteiger partial charge in [-0.1, -0.05) is 6.07 Å². The van der Waals surface area contributed by atoms with Gasteiger partial charge in [-0.2, -0.15) is 13.2 Å². The molecule has 0 aliphatic heterocycles. The van der Waals surface area contributed by atoms with E-state index < -0.39 is 35.2 Å². The molecule has 1 aromatic heterocycles. The van der Waals surface area contributed by atoms with Crippen LogP contribution in [0.5, 0.6) is 11.6 Å². The van der Waals surface area contributed by atoms with E-state index in [0.717, 1.165) is 36.7 Å². The molecule has 0 fully saturated rings. The number of halogens is 5. The molecule has 0 aliphatic rings. The molecule has 3 N–H and O–H groups in total. The second kappa shape index (κ2) is 8.81. The molecular formula is C19H14F5N5O2. The maximum atomic E-state index is 14.3. The van der Waals surface area contributed by atoms with Crippen molar-refractivity contribution < 1.29 is 31.5 Å². The summed E-state index contributed by atoms with van der Waals surface area (Å²) in [4.78, 5) is 19.6. The summed E-state index contributed by atoms with van der Waals surface area (Å²) in [5.74, 6) is -2.81. The highest BCUT2D eigenvalue weighted by atomic mass is 19.4. The first-order chi connectivity index (χ1) is 14.7. The number of aromatic nitrogens is 2. The fraction of sp³-hybridized carbons (Fsp3) is 0.105. The van der Waals surface area contributed by atoms with Gasteiger partial charge in [0.15, 0.2) is 11.6 Å². The lowest BCUT2D eigenvalue weighted by Gasteiger charge is -2.12. The molecule has 1 heterocycles. The van der Waals surface area contributed by atoms with Crippen molar-refractivity contribution in [2.24, 2.45) is 0 Å². The van der Waals surface area contributed by atoms with Crippen LogP contribution >= 0.6 is 0 Å². The topological polar surface area (TPSA) is 88.2 Å². The third-order valence-electron chi connectivity index (χ3n) is 3.81. The molecule has 3 rings (SSSR count). The number of benzene rings is 2. The Morgan fingerprint density at radius 3 is 2.29 bits per heavy atom. The van der Waals surface area contributed by atoms with Crippen LogP contribution in [0.25, 0.3) is 0 Å². The van der Waals surface area contributed by atoms with Crippen molar-refractivity contribution in [3.8, 4) is 11.6 Å². The van der Waals surface area contributed by atoms with Crippen LogP contribution in [-0.4, -0.2) is 23.0 Å². The number of hydrogen-bond donors (Lipinski definition) is 3. The van der Waals surface area contributed by atoms with E-state index >= 15 is 0 Å². The SMILES string of the molecule is CNc1cc(Oc2c(F)cc(NC(=O)Nc3cccc(C(F)(F)F)c3)cc2F)ncn1. The van der Waals surface area contributed by atoms with Crippen LogP contribution in [0.4, 0.5) is 43.9 Å². The van der Waals surface area contributed by atoms with Gasteiger partial charge >= 0.3 is 12.2 Å². The Bertz CT molecular complexity index is 1080. The number of alkyl halides is 3. The van der Waals surface area contributed by atoms with Gasteiger partial charge in [0.05, 0.1) is 5.56 Å². The van der Waals surface area contributed by atoms with E-state index in [9.17, 15) is 26.7 Å². The molecule has 2 amide bonds. The Hall–Kier alpha value is -3.96. The van der Waals surface area contributed by atoms with Gasteiger partial charge < -0.3 is 20.7 Å². The van der Waals surface area contributed by atoms with Crippen LogP contribution in [0.3, 0.4) is 0 Å². The quantitative estimate of drug-likeness (QED) is 0.473. The van der Waals surface area contributed by atoms with E-state index in [0.29, 0.717) is 5.82 Å². The van der Waals surface area contributed by atoms with Gasteiger partial charge in [0.25, 0.3) is 0 Å². The summed E-state index contributed by atoms with van der Waals surface area (Å²) in [7, 11) is 1.58. The fourth-order valence-corrected chi connectivity index (χ4v) is 2.43. The number of amides is 2. The monoisotopic (exact) mass is 439 g/mol. The zero-order chi connectivity index (χ0) is 22.6. The van der Waals surface area contributed by atoms with Crippen LogP contribution in [0.15, 0.2) is 48.8 Å². The van der Waals surface area contributed by atoms with E-state index in [2.05, 4.69) is 25.9 Å².